The van der Waals surface area contributed by atoms with Crippen LogP contribution in [0.5, 0.6) is 0 Å². The summed E-state index contributed by atoms with van der Waals surface area (Å²) in [5.41, 5.74) is 6.59. The standard InChI is InChI=1S/C10H12Br2N2OS/c11-8-4-5(9(12)16-8)10(15)14-7-3-1-2-6(7)13/h4,6-7H,1-3,13H2,(H,14,15). The van der Waals surface area contributed by atoms with Gasteiger partial charge in [-0.3, -0.25) is 4.79 Å². The maximum Gasteiger partial charge on any atom is 0.253 e. The number of carbonyl (C=O) groups excluding carboxylic acids is 1. The van der Waals surface area contributed by atoms with Gasteiger partial charge in [-0.2, -0.15) is 0 Å². The molecule has 1 fully saturated rings. The maximum absolute atomic E-state index is 12.0. The molecule has 16 heavy (non-hydrogen) atoms. The summed E-state index contributed by atoms with van der Waals surface area (Å²) in [7, 11) is 0. The van der Waals surface area contributed by atoms with E-state index in [-0.39, 0.29) is 18.0 Å². The van der Waals surface area contributed by atoms with Crippen LogP contribution in [0.1, 0.15) is 29.6 Å². The van der Waals surface area contributed by atoms with Crippen LogP contribution in [0.15, 0.2) is 13.6 Å². The second-order valence-corrected chi connectivity index (χ2v) is 7.66. The van der Waals surface area contributed by atoms with Crippen LogP contribution in [-0.2, 0) is 0 Å². The zero-order chi connectivity index (χ0) is 11.7. The number of halogens is 2. The van der Waals surface area contributed by atoms with Crippen molar-refractivity contribution >= 4 is 49.1 Å². The molecule has 3 nitrogen and oxygen atoms in total. The molecule has 0 saturated heterocycles. The Bertz CT molecular complexity index is 408. The van der Waals surface area contributed by atoms with Crippen LogP contribution < -0.4 is 11.1 Å². The van der Waals surface area contributed by atoms with Crippen LogP contribution in [0.3, 0.4) is 0 Å². The topological polar surface area (TPSA) is 55.1 Å². The monoisotopic (exact) mass is 366 g/mol. The fourth-order valence-electron chi connectivity index (χ4n) is 1.91. The molecule has 1 heterocycles. The van der Waals surface area contributed by atoms with Crippen LogP contribution in [0, 0.1) is 0 Å². The number of rotatable bonds is 2. The predicted octanol–water partition coefficient (Wildman–Crippen LogP) is 2.88. The van der Waals surface area contributed by atoms with E-state index in [0.29, 0.717) is 5.56 Å². The largest absolute Gasteiger partial charge is 0.348 e. The molecule has 0 radical (unpaired) electrons. The van der Waals surface area contributed by atoms with Gasteiger partial charge in [-0.1, -0.05) is 0 Å². The normalized spacial score (nSPS) is 24.7. The van der Waals surface area contributed by atoms with Gasteiger partial charge >= 0.3 is 0 Å². The predicted molar refractivity (Wildman–Crippen MR) is 72.8 cm³/mol. The summed E-state index contributed by atoms with van der Waals surface area (Å²) in [6.45, 7) is 0. The van der Waals surface area contributed by atoms with Crippen LogP contribution in [0.4, 0.5) is 0 Å². The summed E-state index contributed by atoms with van der Waals surface area (Å²) < 4.78 is 1.80. The van der Waals surface area contributed by atoms with E-state index in [2.05, 4.69) is 37.2 Å². The molecule has 88 valence electrons. The lowest BCUT2D eigenvalue weighted by Gasteiger charge is -2.16. The minimum atomic E-state index is -0.0452. The Morgan fingerprint density at radius 1 is 1.50 bits per heavy atom. The van der Waals surface area contributed by atoms with Gasteiger partial charge in [-0.15, -0.1) is 11.3 Å². The van der Waals surface area contributed by atoms with E-state index in [9.17, 15) is 4.79 Å². The Morgan fingerprint density at radius 2 is 2.25 bits per heavy atom. The van der Waals surface area contributed by atoms with Crippen LogP contribution in [0.2, 0.25) is 0 Å². The third-order valence-corrected chi connectivity index (χ3v) is 5.13. The molecule has 2 rings (SSSR count). The van der Waals surface area contributed by atoms with E-state index in [0.717, 1.165) is 26.8 Å². The van der Waals surface area contributed by atoms with Gasteiger partial charge in [-0.05, 0) is 57.2 Å². The molecular weight excluding hydrogens is 356 g/mol. The van der Waals surface area contributed by atoms with Gasteiger partial charge in [0.1, 0.15) is 0 Å². The number of thiophene rings is 1. The number of amides is 1. The van der Waals surface area contributed by atoms with E-state index in [1.807, 2.05) is 6.07 Å². The van der Waals surface area contributed by atoms with Gasteiger partial charge < -0.3 is 11.1 Å². The lowest BCUT2D eigenvalue weighted by molar-refractivity contribution is 0.0934. The zero-order valence-electron chi connectivity index (χ0n) is 8.50. The molecule has 2 atom stereocenters. The minimum absolute atomic E-state index is 0.0452. The molecule has 0 spiro atoms. The first-order valence-electron chi connectivity index (χ1n) is 5.09. The first-order valence-corrected chi connectivity index (χ1v) is 7.49. The molecule has 6 heteroatoms. The molecule has 1 aromatic rings. The summed E-state index contributed by atoms with van der Waals surface area (Å²) in [6.07, 6.45) is 3.08. The Balaban J connectivity index is 2.05. The lowest BCUT2D eigenvalue weighted by atomic mass is 10.2. The quantitative estimate of drug-likeness (QED) is 0.844. The van der Waals surface area contributed by atoms with Crippen molar-refractivity contribution in [2.24, 2.45) is 5.73 Å². The molecule has 1 saturated carbocycles. The average Bonchev–Trinajstić information content (AvgIpc) is 2.74. The molecular formula is C10H12Br2N2OS. The van der Waals surface area contributed by atoms with E-state index in [1.165, 1.54) is 11.3 Å². The van der Waals surface area contributed by atoms with Gasteiger partial charge in [0.15, 0.2) is 0 Å². The Hall–Kier alpha value is 0.0900. The average molecular weight is 368 g/mol. The second kappa shape index (κ2) is 5.16. The van der Waals surface area contributed by atoms with Crippen molar-refractivity contribution in [3.63, 3.8) is 0 Å². The van der Waals surface area contributed by atoms with E-state index in [4.69, 9.17) is 5.73 Å². The first-order chi connectivity index (χ1) is 7.58. The summed E-state index contributed by atoms with van der Waals surface area (Å²) in [6, 6.07) is 2.05. The number of nitrogens with two attached hydrogens (primary N) is 1. The van der Waals surface area contributed by atoms with Gasteiger partial charge in [0.25, 0.3) is 5.91 Å². The minimum Gasteiger partial charge on any atom is -0.348 e. The third kappa shape index (κ3) is 2.67. The molecule has 1 aromatic heterocycles. The van der Waals surface area contributed by atoms with Crippen molar-refractivity contribution in [3.8, 4) is 0 Å². The Labute approximate surface area is 115 Å². The number of nitrogens with one attached hydrogen (secondary N) is 1. The summed E-state index contributed by atoms with van der Waals surface area (Å²) in [5, 5.41) is 2.99. The highest BCUT2D eigenvalue weighted by atomic mass is 79.9. The van der Waals surface area contributed by atoms with Crippen molar-refractivity contribution in [1.82, 2.24) is 5.32 Å². The second-order valence-electron chi connectivity index (χ2n) is 3.91. The van der Waals surface area contributed by atoms with E-state index >= 15 is 0 Å². The molecule has 1 aliphatic rings. The van der Waals surface area contributed by atoms with Crippen molar-refractivity contribution in [2.45, 2.75) is 31.3 Å². The summed E-state index contributed by atoms with van der Waals surface area (Å²) in [5.74, 6) is -0.0452. The Kier molecular flexibility index (Phi) is 4.05. The number of hydrogen-bond donors (Lipinski definition) is 2. The van der Waals surface area contributed by atoms with Crippen molar-refractivity contribution < 1.29 is 4.79 Å². The van der Waals surface area contributed by atoms with Crippen molar-refractivity contribution in [1.29, 1.82) is 0 Å². The van der Waals surface area contributed by atoms with Gasteiger partial charge in [-0.25, -0.2) is 0 Å². The SMILES string of the molecule is NC1CCCC1NC(=O)c1cc(Br)sc1Br. The van der Waals surface area contributed by atoms with Crippen LogP contribution in [-0.4, -0.2) is 18.0 Å². The Morgan fingerprint density at radius 3 is 2.75 bits per heavy atom. The van der Waals surface area contributed by atoms with Crippen LogP contribution >= 0.6 is 43.2 Å². The molecule has 2 unspecified atom stereocenters. The maximum atomic E-state index is 12.0. The smallest absolute Gasteiger partial charge is 0.253 e. The van der Waals surface area contributed by atoms with Gasteiger partial charge in [0, 0.05) is 12.1 Å². The van der Waals surface area contributed by atoms with Gasteiger partial charge in [0.05, 0.1) is 13.1 Å². The van der Waals surface area contributed by atoms with E-state index in [1.54, 1.807) is 0 Å². The number of hydrogen-bond acceptors (Lipinski definition) is 3. The zero-order valence-corrected chi connectivity index (χ0v) is 12.5. The lowest BCUT2D eigenvalue weighted by Crippen LogP contribution is -2.43. The molecule has 3 N–H and O–H groups in total. The van der Waals surface area contributed by atoms with Gasteiger partial charge in [0.2, 0.25) is 0 Å². The molecule has 1 amide bonds. The summed E-state index contributed by atoms with van der Waals surface area (Å²) >= 11 is 8.24. The fraction of sp³-hybridized carbons (Fsp3) is 0.500. The third-order valence-electron chi connectivity index (χ3n) is 2.79. The highest BCUT2D eigenvalue weighted by molar-refractivity contribution is 9.12. The molecule has 0 aliphatic heterocycles. The van der Waals surface area contributed by atoms with Crippen LogP contribution in [0.25, 0.3) is 0 Å². The highest BCUT2D eigenvalue weighted by Gasteiger charge is 2.26. The number of carbonyl (C=O) groups is 1. The highest BCUT2D eigenvalue weighted by Crippen LogP contribution is 2.32. The molecule has 0 aromatic carbocycles. The molecule has 1 aliphatic carbocycles. The van der Waals surface area contributed by atoms with Crippen molar-refractivity contribution in [3.05, 3.63) is 19.2 Å². The molecule has 0 bridgehead atoms. The van der Waals surface area contributed by atoms with Crippen molar-refractivity contribution in [2.75, 3.05) is 0 Å². The first kappa shape index (κ1) is 12.5. The summed E-state index contributed by atoms with van der Waals surface area (Å²) in [4.78, 5) is 12.0. The fourth-order valence-corrected chi connectivity index (χ4v) is 4.70. The van der Waals surface area contributed by atoms with E-state index < -0.39 is 0 Å².